The highest BCUT2D eigenvalue weighted by Gasteiger charge is 2.50. The van der Waals surface area contributed by atoms with Gasteiger partial charge < -0.3 is 15.5 Å². The molecule has 1 aromatic carbocycles. The van der Waals surface area contributed by atoms with Crippen LogP contribution in [0.3, 0.4) is 0 Å². The number of rotatable bonds is 8. The molecule has 3 aromatic rings. The maximum Gasteiger partial charge on any atom is 0.326 e. The highest BCUT2D eigenvalue weighted by molar-refractivity contribution is 6.05. The highest BCUT2D eigenvalue weighted by atomic mass is 16.4. The number of carbonyl (C=O) groups excluding carboxylic acids is 1. The summed E-state index contributed by atoms with van der Waals surface area (Å²) in [5, 5.41) is 22.9. The molecule has 0 saturated heterocycles. The fraction of sp³-hybridized carbons (Fsp3) is 0.429. The van der Waals surface area contributed by atoms with Gasteiger partial charge in [-0.25, -0.2) is 14.8 Å². The van der Waals surface area contributed by atoms with Crippen LogP contribution in [0.2, 0.25) is 0 Å². The number of hydrogen-bond donors (Lipinski definition) is 3. The highest BCUT2D eigenvalue weighted by Crippen LogP contribution is 2.48. The number of hydrogen-bond acceptors (Lipinski definition) is 6. The van der Waals surface area contributed by atoms with Crippen molar-refractivity contribution >= 4 is 22.9 Å². The molecule has 0 unspecified atom stereocenters. The van der Waals surface area contributed by atoms with Crippen LogP contribution in [0.5, 0.6) is 0 Å². The van der Waals surface area contributed by atoms with Gasteiger partial charge in [0.2, 0.25) is 0 Å². The normalized spacial score (nSPS) is 24.4. The topological polar surface area (TPSA) is 117 Å². The summed E-state index contributed by atoms with van der Waals surface area (Å²) in [6.07, 6.45) is 8.85. The Bertz CT molecular complexity index is 1350. The van der Waals surface area contributed by atoms with Crippen LogP contribution in [0.4, 0.5) is 0 Å². The van der Waals surface area contributed by atoms with Gasteiger partial charge in [-0.15, -0.1) is 0 Å². The summed E-state index contributed by atoms with van der Waals surface area (Å²) < 4.78 is 2.11. The number of ketones is 1. The van der Waals surface area contributed by atoms with Crippen LogP contribution in [-0.4, -0.2) is 48.6 Å². The Morgan fingerprint density at radius 3 is 2.56 bits per heavy atom. The van der Waals surface area contributed by atoms with E-state index in [0.717, 1.165) is 34.7 Å². The molecule has 0 aliphatic heterocycles. The number of fused-ring (bicyclic) bond motifs is 1. The molecule has 186 valence electrons. The Hall–Kier alpha value is -3.52. The van der Waals surface area contributed by atoms with Gasteiger partial charge in [-0.2, -0.15) is 0 Å². The van der Waals surface area contributed by atoms with Gasteiger partial charge in [-0.3, -0.25) is 9.36 Å². The van der Waals surface area contributed by atoms with Crippen molar-refractivity contribution in [1.29, 1.82) is 0 Å². The van der Waals surface area contributed by atoms with Gasteiger partial charge in [0.25, 0.3) is 0 Å². The number of carboxylic acid groups (broad SMARTS) is 1. The van der Waals surface area contributed by atoms with E-state index < -0.39 is 17.4 Å². The van der Waals surface area contributed by atoms with Crippen LogP contribution < -0.4 is 5.32 Å². The predicted octanol–water partition coefficient (Wildman–Crippen LogP) is 3.35. The molecule has 3 N–H and O–H groups in total. The quantitative estimate of drug-likeness (QED) is 0.447. The van der Waals surface area contributed by atoms with Crippen LogP contribution in [-0.2, 0) is 22.4 Å². The largest absolute Gasteiger partial charge is 0.480 e. The van der Waals surface area contributed by atoms with Crippen molar-refractivity contribution in [1.82, 2.24) is 19.9 Å². The second-order valence-corrected chi connectivity index (χ2v) is 10.5. The lowest BCUT2D eigenvalue weighted by Gasteiger charge is -2.45. The average Bonchev–Trinajstić information content (AvgIpc) is 3.62. The number of carbonyl (C=O) groups is 2. The van der Waals surface area contributed by atoms with Gasteiger partial charge >= 0.3 is 5.97 Å². The van der Waals surface area contributed by atoms with Crippen LogP contribution in [0.25, 0.3) is 16.9 Å². The van der Waals surface area contributed by atoms with E-state index in [1.165, 1.54) is 18.9 Å². The molecule has 1 atom stereocenters. The Kier molecular flexibility index (Phi) is 5.63. The van der Waals surface area contributed by atoms with E-state index in [9.17, 15) is 19.8 Å². The minimum absolute atomic E-state index is 0.0357. The molecule has 2 heterocycles. The zero-order chi connectivity index (χ0) is 24.9. The minimum atomic E-state index is -0.957. The van der Waals surface area contributed by atoms with Crippen molar-refractivity contribution < 1.29 is 19.8 Å². The zero-order valence-electron chi connectivity index (χ0n) is 20.1. The summed E-state index contributed by atoms with van der Waals surface area (Å²) in [4.78, 5) is 33.9. The number of benzene rings is 1. The molecule has 0 radical (unpaired) electrons. The molecular weight excluding hydrogens is 456 g/mol. The van der Waals surface area contributed by atoms with Crippen molar-refractivity contribution in [2.45, 2.75) is 63.5 Å². The summed E-state index contributed by atoms with van der Waals surface area (Å²) in [6.45, 7) is 0. The van der Waals surface area contributed by atoms with Gasteiger partial charge in [0.05, 0.1) is 11.5 Å². The number of aliphatic hydroxyl groups excluding tert-OH is 1. The smallest absolute Gasteiger partial charge is 0.326 e. The van der Waals surface area contributed by atoms with E-state index in [0.29, 0.717) is 37.3 Å². The molecule has 3 aliphatic carbocycles. The number of carboxylic acids is 1. The lowest BCUT2D eigenvalue weighted by molar-refractivity contribution is -0.140. The third-order valence-corrected chi connectivity index (χ3v) is 7.99. The molecule has 0 bridgehead atoms. The molecule has 8 heteroatoms. The van der Waals surface area contributed by atoms with E-state index in [-0.39, 0.29) is 18.3 Å². The summed E-state index contributed by atoms with van der Waals surface area (Å²) >= 11 is 0. The second kappa shape index (κ2) is 8.85. The van der Waals surface area contributed by atoms with E-state index in [4.69, 9.17) is 4.98 Å². The van der Waals surface area contributed by atoms with Gasteiger partial charge in [0, 0.05) is 36.5 Å². The lowest BCUT2D eigenvalue weighted by atomic mass is 9.62. The second-order valence-electron chi connectivity index (χ2n) is 10.5. The molecule has 0 amide bonds. The van der Waals surface area contributed by atoms with Crippen molar-refractivity contribution in [2.75, 3.05) is 0 Å². The fourth-order valence-corrected chi connectivity index (χ4v) is 5.61. The summed E-state index contributed by atoms with van der Waals surface area (Å²) in [6, 6.07) is 10.9. The number of nitrogens with zero attached hydrogens (tertiary/aromatic N) is 3. The van der Waals surface area contributed by atoms with Crippen molar-refractivity contribution in [3.05, 3.63) is 65.8 Å². The van der Waals surface area contributed by atoms with Crippen LogP contribution in [0, 0.1) is 11.3 Å². The Labute approximate surface area is 209 Å². The third kappa shape index (κ3) is 4.09. The third-order valence-electron chi connectivity index (χ3n) is 7.99. The lowest BCUT2D eigenvalue weighted by Crippen LogP contribution is -2.52. The molecule has 8 nitrogen and oxygen atoms in total. The summed E-state index contributed by atoms with van der Waals surface area (Å²) in [5.41, 5.74) is 3.60. The van der Waals surface area contributed by atoms with E-state index >= 15 is 0 Å². The van der Waals surface area contributed by atoms with Gasteiger partial charge in [-0.05, 0) is 74.3 Å². The first-order chi connectivity index (χ1) is 17.4. The number of aliphatic carboxylic acids is 1. The Morgan fingerprint density at radius 1 is 1.14 bits per heavy atom. The average molecular weight is 487 g/mol. The zero-order valence-corrected chi connectivity index (χ0v) is 20.1. The number of allylic oxidation sites excluding steroid dienone is 2. The van der Waals surface area contributed by atoms with E-state index in [1.54, 1.807) is 6.20 Å². The number of imidazole rings is 1. The maximum atomic E-state index is 12.4. The van der Waals surface area contributed by atoms with E-state index in [1.807, 2.05) is 36.4 Å². The number of aromatic nitrogens is 3. The summed E-state index contributed by atoms with van der Waals surface area (Å²) in [5.74, 6) is 0.773. The van der Waals surface area contributed by atoms with Crippen LogP contribution in [0.15, 0.2) is 54.4 Å². The van der Waals surface area contributed by atoms with Gasteiger partial charge in [-0.1, -0.05) is 12.1 Å². The van der Waals surface area contributed by atoms with Gasteiger partial charge in [0.1, 0.15) is 17.4 Å². The maximum absolute atomic E-state index is 12.4. The minimum Gasteiger partial charge on any atom is -0.480 e. The van der Waals surface area contributed by atoms with E-state index in [2.05, 4.69) is 14.9 Å². The number of pyridine rings is 1. The molecule has 2 fully saturated rings. The molecule has 6 rings (SSSR count). The standard InChI is InChI=1S/C28H30N4O4/c33-20-9-11-28(12-10-20)23(16-24(28)34)30-22(27(35)36)14-17-5-7-19(8-6-17)32-25(15-18-3-4-18)31-21-2-1-13-29-26(21)32/h1-2,5-8,13,16,18,20,22,30,33H,3-4,9-12,14-15H2,(H,35,36)/t20?,22-,28?/m0/s1. The first-order valence-electron chi connectivity index (χ1n) is 12.8. The Morgan fingerprint density at radius 2 is 1.89 bits per heavy atom. The number of nitrogens with one attached hydrogen (secondary N) is 1. The van der Waals surface area contributed by atoms with Crippen molar-refractivity contribution in [3.63, 3.8) is 0 Å². The first-order valence-corrected chi connectivity index (χ1v) is 12.8. The van der Waals surface area contributed by atoms with Crippen LogP contribution >= 0.6 is 0 Å². The predicted molar refractivity (Wildman–Crippen MR) is 134 cm³/mol. The van der Waals surface area contributed by atoms with Crippen LogP contribution in [0.1, 0.15) is 49.9 Å². The molecule has 36 heavy (non-hydrogen) atoms. The molecule has 2 saturated carbocycles. The van der Waals surface area contributed by atoms with Crippen molar-refractivity contribution in [3.8, 4) is 5.69 Å². The van der Waals surface area contributed by atoms with Gasteiger partial charge in [0.15, 0.2) is 11.4 Å². The molecule has 2 aromatic heterocycles. The van der Waals surface area contributed by atoms with Crippen molar-refractivity contribution in [2.24, 2.45) is 11.3 Å². The Balaban J connectivity index is 1.21. The summed E-state index contributed by atoms with van der Waals surface area (Å²) in [7, 11) is 0. The number of aliphatic hydroxyl groups is 1. The first kappa shape index (κ1) is 22.9. The molecular formula is C28H30N4O4. The SMILES string of the molecule is O=C(O)[C@H](Cc1ccc(-n2c(CC3CC3)nc3cccnc32)cc1)NC1=CC(=O)C12CCC(O)CC2. The fourth-order valence-electron chi connectivity index (χ4n) is 5.61. The molecule has 3 aliphatic rings. The molecule has 1 spiro atoms. The monoisotopic (exact) mass is 486 g/mol.